The first kappa shape index (κ1) is 7.60. The minimum atomic E-state index is -0.138. The van der Waals surface area contributed by atoms with Gasteiger partial charge in [0.05, 0.1) is 9.16 Å². The van der Waals surface area contributed by atoms with E-state index < -0.39 is 0 Å². The molecule has 1 heterocycles. The van der Waals surface area contributed by atoms with E-state index in [-0.39, 0.29) is 5.37 Å². The fraction of sp³-hybridized carbons (Fsp3) is 0.200. The lowest BCUT2D eigenvalue weighted by Gasteiger charge is -1.95. The van der Waals surface area contributed by atoms with Gasteiger partial charge in [-0.2, -0.15) is 12.6 Å². The van der Waals surface area contributed by atoms with Crippen molar-refractivity contribution in [3.63, 3.8) is 0 Å². The maximum atomic E-state index is 5.48. The van der Waals surface area contributed by atoms with Gasteiger partial charge in [0.25, 0.3) is 0 Å². The minimum absolute atomic E-state index is 0.138. The van der Waals surface area contributed by atoms with Crippen LogP contribution >= 0.6 is 39.9 Å². The summed E-state index contributed by atoms with van der Waals surface area (Å²) in [7, 11) is 0. The van der Waals surface area contributed by atoms with E-state index in [4.69, 9.17) is 5.73 Å². The zero-order valence-corrected chi connectivity index (χ0v) is 7.84. The first-order valence-corrected chi connectivity index (χ1v) is 4.51. The Morgan fingerprint density at radius 2 is 2.33 bits per heavy atom. The summed E-state index contributed by atoms with van der Waals surface area (Å²) in [6, 6.07) is 3.93. The van der Waals surface area contributed by atoms with Crippen LogP contribution in [0.5, 0.6) is 0 Å². The molecule has 2 N–H and O–H groups in total. The molecule has 0 aliphatic rings. The molecule has 9 heavy (non-hydrogen) atoms. The van der Waals surface area contributed by atoms with Crippen molar-refractivity contribution in [2.45, 2.75) is 5.37 Å². The van der Waals surface area contributed by atoms with Gasteiger partial charge in [-0.05, 0) is 28.1 Å². The number of rotatable bonds is 1. The second-order valence-electron chi connectivity index (χ2n) is 1.59. The molecule has 0 amide bonds. The highest BCUT2D eigenvalue weighted by molar-refractivity contribution is 9.11. The quantitative estimate of drug-likeness (QED) is 0.556. The van der Waals surface area contributed by atoms with Crippen molar-refractivity contribution in [3.8, 4) is 0 Å². The molecule has 1 aromatic rings. The molecule has 1 rings (SSSR count). The van der Waals surface area contributed by atoms with E-state index in [2.05, 4.69) is 28.6 Å². The Hall–Kier alpha value is 0.490. The van der Waals surface area contributed by atoms with Crippen molar-refractivity contribution in [1.82, 2.24) is 0 Å². The van der Waals surface area contributed by atoms with Gasteiger partial charge in [-0.1, -0.05) is 0 Å². The van der Waals surface area contributed by atoms with Crippen LogP contribution in [0.1, 0.15) is 10.3 Å². The third kappa shape index (κ3) is 1.97. The Labute approximate surface area is 71.8 Å². The third-order valence-electron chi connectivity index (χ3n) is 0.885. The van der Waals surface area contributed by atoms with E-state index in [0.29, 0.717) is 0 Å². The number of hydrogen-bond acceptors (Lipinski definition) is 3. The smallest absolute Gasteiger partial charge is 0.0828 e. The van der Waals surface area contributed by atoms with Crippen LogP contribution < -0.4 is 5.73 Å². The summed E-state index contributed by atoms with van der Waals surface area (Å²) < 4.78 is 1.10. The van der Waals surface area contributed by atoms with E-state index in [1.807, 2.05) is 12.1 Å². The van der Waals surface area contributed by atoms with Gasteiger partial charge in [0.2, 0.25) is 0 Å². The zero-order chi connectivity index (χ0) is 6.85. The molecule has 0 aromatic carbocycles. The lowest BCUT2D eigenvalue weighted by Crippen LogP contribution is -1.98. The molecule has 0 aliphatic heterocycles. The average molecular weight is 224 g/mol. The van der Waals surface area contributed by atoms with Crippen molar-refractivity contribution in [3.05, 3.63) is 20.8 Å². The Bertz CT molecular complexity index is 197. The first-order valence-electron chi connectivity index (χ1n) is 2.39. The summed E-state index contributed by atoms with van der Waals surface area (Å²) in [6.07, 6.45) is 0. The van der Waals surface area contributed by atoms with Gasteiger partial charge in [-0.15, -0.1) is 11.3 Å². The van der Waals surface area contributed by atoms with E-state index in [9.17, 15) is 0 Å². The van der Waals surface area contributed by atoms with Gasteiger partial charge >= 0.3 is 0 Å². The lowest BCUT2D eigenvalue weighted by molar-refractivity contribution is 1.08. The molecule has 0 aliphatic carbocycles. The third-order valence-corrected chi connectivity index (χ3v) is 3.05. The molecule has 0 bridgehead atoms. The van der Waals surface area contributed by atoms with Crippen LogP contribution in [0.3, 0.4) is 0 Å². The van der Waals surface area contributed by atoms with Crippen molar-refractivity contribution in [2.75, 3.05) is 0 Å². The number of thiophene rings is 1. The van der Waals surface area contributed by atoms with Gasteiger partial charge in [0.15, 0.2) is 0 Å². The fourth-order valence-corrected chi connectivity index (χ4v) is 2.04. The van der Waals surface area contributed by atoms with Crippen molar-refractivity contribution < 1.29 is 0 Å². The van der Waals surface area contributed by atoms with E-state index >= 15 is 0 Å². The predicted molar refractivity (Wildman–Crippen MR) is 47.9 cm³/mol. The summed E-state index contributed by atoms with van der Waals surface area (Å²) in [4.78, 5) is 1.09. The lowest BCUT2D eigenvalue weighted by atomic mass is 10.5. The molecule has 1 nitrogen and oxygen atoms in total. The molecule has 1 aromatic heterocycles. The molecule has 0 radical (unpaired) electrons. The van der Waals surface area contributed by atoms with Crippen molar-refractivity contribution in [1.29, 1.82) is 0 Å². The number of hydrogen-bond donors (Lipinski definition) is 2. The molecule has 50 valence electrons. The van der Waals surface area contributed by atoms with Crippen LogP contribution in [-0.4, -0.2) is 0 Å². The van der Waals surface area contributed by atoms with Crippen molar-refractivity contribution in [2.24, 2.45) is 5.73 Å². The summed E-state index contributed by atoms with van der Waals surface area (Å²) in [6.45, 7) is 0. The van der Waals surface area contributed by atoms with Crippen LogP contribution in [0.25, 0.3) is 0 Å². The van der Waals surface area contributed by atoms with E-state index in [0.717, 1.165) is 8.66 Å². The zero-order valence-electron chi connectivity index (χ0n) is 4.54. The van der Waals surface area contributed by atoms with Crippen molar-refractivity contribution >= 4 is 39.9 Å². The number of nitrogens with two attached hydrogens (primary N) is 1. The molecule has 0 fully saturated rings. The molecule has 4 heteroatoms. The Morgan fingerprint density at radius 3 is 2.56 bits per heavy atom. The summed E-state index contributed by atoms with van der Waals surface area (Å²) in [5, 5.41) is -0.138. The maximum absolute atomic E-state index is 5.48. The standard InChI is InChI=1S/C5H6BrNS2/c6-4-2-1-3(9-4)5(7)8/h1-2,5,8H,7H2. The largest absolute Gasteiger partial charge is 0.315 e. The maximum Gasteiger partial charge on any atom is 0.0828 e. The van der Waals surface area contributed by atoms with Crippen LogP contribution in [0.15, 0.2) is 15.9 Å². The highest BCUT2D eigenvalue weighted by Crippen LogP contribution is 2.27. The molecule has 0 spiro atoms. The van der Waals surface area contributed by atoms with Gasteiger partial charge in [-0.25, -0.2) is 0 Å². The Kier molecular flexibility index (Phi) is 2.58. The van der Waals surface area contributed by atoms with Gasteiger partial charge in [-0.3, -0.25) is 0 Å². The SMILES string of the molecule is NC(S)c1ccc(Br)s1. The number of thiol groups is 1. The monoisotopic (exact) mass is 223 g/mol. The average Bonchev–Trinajstić information content (AvgIpc) is 2.14. The van der Waals surface area contributed by atoms with Gasteiger partial charge in [0.1, 0.15) is 0 Å². The molecule has 0 saturated heterocycles. The van der Waals surface area contributed by atoms with Crippen LogP contribution in [0, 0.1) is 0 Å². The normalized spacial score (nSPS) is 13.7. The van der Waals surface area contributed by atoms with Crippen LogP contribution in [0.2, 0.25) is 0 Å². The molecule has 0 saturated carbocycles. The van der Waals surface area contributed by atoms with Crippen LogP contribution in [-0.2, 0) is 0 Å². The highest BCUT2D eigenvalue weighted by Gasteiger charge is 2.01. The molecule has 1 unspecified atom stereocenters. The van der Waals surface area contributed by atoms with Gasteiger partial charge in [0, 0.05) is 4.88 Å². The number of halogens is 1. The Morgan fingerprint density at radius 1 is 1.67 bits per heavy atom. The Balaban J connectivity index is 2.85. The molecular weight excluding hydrogens is 218 g/mol. The van der Waals surface area contributed by atoms with Gasteiger partial charge < -0.3 is 5.73 Å². The van der Waals surface area contributed by atoms with E-state index in [1.165, 1.54) is 0 Å². The van der Waals surface area contributed by atoms with E-state index in [1.54, 1.807) is 11.3 Å². The summed E-state index contributed by atoms with van der Waals surface area (Å²) in [5.74, 6) is 0. The first-order chi connectivity index (χ1) is 4.20. The second-order valence-corrected chi connectivity index (χ2v) is 4.64. The minimum Gasteiger partial charge on any atom is -0.315 e. The van der Waals surface area contributed by atoms with Crippen LogP contribution in [0.4, 0.5) is 0 Å². The summed E-state index contributed by atoms with van der Waals surface area (Å²) >= 11 is 9.01. The second kappa shape index (κ2) is 3.05. The topological polar surface area (TPSA) is 26.0 Å². The predicted octanol–water partition coefficient (Wildman–Crippen LogP) is 2.40. The summed E-state index contributed by atoms with van der Waals surface area (Å²) in [5.41, 5.74) is 5.48. The fourth-order valence-electron chi connectivity index (χ4n) is 0.487. The molecule has 1 atom stereocenters. The molecular formula is C5H6BrNS2. The highest BCUT2D eigenvalue weighted by atomic mass is 79.9.